The van der Waals surface area contributed by atoms with Crippen LogP contribution < -0.4 is 10.6 Å². The smallest absolute Gasteiger partial charge is 0.329 e. The highest BCUT2D eigenvalue weighted by Gasteiger charge is 2.32. The number of hydrogen-bond donors (Lipinski definition) is 1. The first-order chi connectivity index (χ1) is 14.2. The number of amides is 1. The summed E-state index contributed by atoms with van der Waals surface area (Å²) in [5, 5.41) is 0. The van der Waals surface area contributed by atoms with Gasteiger partial charge in [0.2, 0.25) is 5.91 Å². The van der Waals surface area contributed by atoms with E-state index in [1.54, 1.807) is 12.1 Å². The quantitative estimate of drug-likeness (QED) is 0.601. The van der Waals surface area contributed by atoms with Crippen LogP contribution in [-0.4, -0.2) is 24.5 Å². The van der Waals surface area contributed by atoms with Crippen LogP contribution in [0.15, 0.2) is 91.0 Å². The van der Waals surface area contributed by atoms with Gasteiger partial charge >= 0.3 is 5.97 Å². The fourth-order valence-corrected chi connectivity index (χ4v) is 3.13. The maximum absolute atomic E-state index is 13.1. The Kier molecular flexibility index (Phi) is 7.14. The Labute approximate surface area is 170 Å². The minimum Gasteiger partial charge on any atom is -0.459 e. The lowest BCUT2D eigenvalue weighted by Crippen LogP contribution is -2.49. The second kappa shape index (κ2) is 10.2. The summed E-state index contributed by atoms with van der Waals surface area (Å²) in [4.78, 5) is 27.3. The molecule has 5 heteroatoms. The van der Waals surface area contributed by atoms with Gasteiger partial charge in [0.1, 0.15) is 12.6 Å². The number of hydrogen-bond acceptors (Lipinski definition) is 4. The highest BCUT2D eigenvalue weighted by atomic mass is 16.5. The summed E-state index contributed by atoms with van der Waals surface area (Å²) in [7, 11) is 0. The minimum atomic E-state index is -0.820. The largest absolute Gasteiger partial charge is 0.459 e. The molecule has 0 bridgehead atoms. The van der Waals surface area contributed by atoms with Gasteiger partial charge in [0.15, 0.2) is 0 Å². The number of carbonyl (C=O) groups is 2. The number of ether oxygens (including phenoxy) is 1. The summed E-state index contributed by atoms with van der Waals surface area (Å²) < 4.78 is 5.59. The van der Waals surface area contributed by atoms with Crippen LogP contribution in [0.2, 0.25) is 0 Å². The number of anilines is 1. The minimum absolute atomic E-state index is 0.143. The molecule has 0 spiro atoms. The first kappa shape index (κ1) is 20.3. The van der Waals surface area contributed by atoms with E-state index < -0.39 is 12.0 Å². The molecule has 29 heavy (non-hydrogen) atoms. The van der Waals surface area contributed by atoms with Gasteiger partial charge in [0, 0.05) is 12.1 Å². The predicted molar refractivity (Wildman–Crippen MR) is 113 cm³/mol. The second-order valence-electron chi connectivity index (χ2n) is 6.60. The van der Waals surface area contributed by atoms with Gasteiger partial charge in [-0.05, 0) is 23.3 Å². The molecule has 0 aliphatic carbocycles. The van der Waals surface area contributed by atoms with Gasteiger partial charge < -0.3 is 10.5 Å². The molecule has 0 aliphatic rings. The molecule has 5 nitrogen and oxygen atoms in total. The Balaban J connectivity index is 1.89. The lowest BCUT2D eigenvalue weighted by Gasteiger charge is -2.30. The zero-order valence-corrected chi connectivity index (χ0v) is 16.1. The fourth-order valence-electron chi connectivity index (χ4n) is 3.13. The molecule has 148 valence electrons. The monoisotopic (exact) mass is 388 g/mol. The van der Waals surface area contributed by atoms with Crippen molar-refractivity contribution >= 4 is 17.6 Å². The molecule has 0 radical (unpaired) electrons. The van der Waals surface area contributed by atoms with Crippen LogP contribution >= 0.6 is 0 Å². The Morgan fingerprint density at radius 2 is 1.31 bits per heavy atom. The highest BCUT2D eigenvalue weighted by molar-refractivity contribution is 6.00. The van der Waals surface area contributed by atoms with E-state index in [9.17, 15) is 9.59 Å². The molecule has 3 aromatic rings. The summed E-state index contributed by atoms with van der Waals surface area (Å²) in [5.74, 6) is -0.808. The van der Waals surface area contributed by atoms with Crippen LogP contribution in [0, 0.1) is 0 Å². The van der Waals surface area contributed by atoms with Crippen LogP contribution in [0.4, 0.5) is 5.69 Å². The van der Waals surface area contributed by atoms with E-state index in [0.717, 1.165) is 11.1 Å². The SMILES string of the molecule is NCC(=O)N(c1ccccc1)[C@@H](Cc1ccccc1)C(=O)OCc1ccccc1. The molecule has 0 fully saturated rings. The predicted octanol–water partition coefficient (Wildman–Crippen LogP) is 3.33. The molecule has 0 unspecified atom stereocenters. The van der Waals surface area contributed by atoms with Gasteiger partial charge in [0.25, 0.3) is 0 Å². The number of nitrogens with zero attached hydrogens (tertiary/aromatic N) is 1. The molecule has 1 atom stereocenters. The molecule has 3 aromatic carbocycles. The zero-order chi connectivity index (χ0) is 20.5. The van der Waals surface area contributed by atoms with E-state index in [2.05, 4.69) is 0 Å². The topological polar surface area (TPSA) is 72.6 Å². The number of nitrogens with two attached hydrogens (primary N) is 1. The molecule has 2 N–H and O–H groups in total. The van der Waals surface area contributed by atoms with Crippen molar-refractivity contribution < 1.29 is 14.3 Å². The number of carbonyl (C=O) groups excluding carboxylic acids is 2. The first-order valence-electron chi connectivity index (χ1n) is 9.50. The Bertz CT molecular complexity index is 915. The average molecular weight is 388 g/mol. The average Bonchev–Trinajstić information content (AvgIpc) is 2.79. The van der Waals surface area contributed by atoms with Crippen molar-refractivity contribution in [2.45, 2.75) is 19.1 Å². The van der Waals surface area contributed by atoms with Crippen LogP contribution in [0.1, 0.15) is 11.1 Å². The van der Waals surface area contributed by atoms with Crippen molar-refractivity contribution in [3.63, 3.8) is 0 Å². The van der Waals surface area contributed by atoms with Crippen molar-refractivity contribution in [1.29, 1.82) is 0 Å². The van der Waals surface area contributed by atoms with E-state index >= 15 is 0 Å². The van der Waals surface area contributed by atoms with Crippen LogP contribution in [-0.2, 0) is 27.4 Å². The Morgan fingerprint density at radius 3 is 1.86 bits per heavy atom. The fraction of sp³-hybridized carbons (Fsp3) is 0.167. The molecule has 0 aromatic heterocycles. The molecule has 0 saturated heterocycles. The van der Waals surface area contributed by atoms with Crippen molar-refractivity contribution in [1.82, 2.24) is 0 Å². The van der Waals surface area contributed by atoms with Gasteiger partial charge in [-0.25, -0.2) is 4.79 Å². The molecule has 0 heterocycles. The number of esters is 1. The standard InChI is InChI=1S/C24H24N2O3/c25-17-23(27)26(21-14-8-3-9-15-21)22(16-19-10-4-1-5-11-19)24(28)29-18-20-12-6-2-7-13-20/h1-15,22H,16-18,25H2/t22-/m0/s1. The third kappa shape index (κ3) is 5.53. The van der Waals surface area contributed by atoms with Crippen LogP contribution in [0.3, 0.4) is 0 Å². The van der Waals surface area contributed by atoms with Gasteiger partial charge in [-0.3, -0.25) is 9.69 Å². The summed E-state index contributed by atoms with van der Waals surface area (Å²) >= 11 is 0. The van der Waals surface area contributed by atoms with E-state index in [1.807, 2.05) is 78.9 Å². The number of benzene rings is 3. The maximum Gasteiger partial charge on any atom is 0.329 e. The maximum atomic E-state index is 13.1. The number of rotatable bonds is 8. The van der Waals surface area contributed by atoms with Crippen molar-refractivity contribution in [2.24, 2.45) is 5.73 Å². The molecular formula is C24H24N2O3. The van der Waals surface area contributed by atoms with E-state index in [4.69, 9.17) is 10.5 Å². The second-order valence-corrected chi connectivity index (χ2v) is 6.60. The van der Waals surface area contributed by atoms with E-state index in [-0.39, 0.29) is 19.1 Å². The summed E-state index contributed by atoms with van der Waals surface area (Å²) in [6.45, 7) is -0.0590. The van der Waals surface area contributed by atoms with Gasteiger partial charge in [0.05, 0.1) is 6.54 Å². The van der Waals surface area contributed by atoms with Crippen molar-refractivity contribution in [3.05, 3.63) is 102 Å². The van der Waals surface area contributed by atoms with E-state index in [0.29, 0.717) is 12.1 Å². The summed E-state index contributed by atoms with van der Waals surface area (Å²) in [6, 6.07) is 27.3. The molecule has 0 saturated carbocycles. The van der Waals surface area contributed by atoms with E-state index in [1.165, 1.54) is 4.90 Å². The lowest BCUT2D eigenvalue weighted by molar-refractivity contribution is -0.147. The van der Waals surface area contributed by atoms with Gasteiger partial charge in [-0.2, -0.15) is 0 Å². The normalized spacial score (nSPS) is 11.5. The zero-order valence-electron chi connectivity index (χ0n) is 16.1. The molecule has 1 amide bonds. The molecule has 3 rings (SSSR count). The van der Waals surface area contributed by atoms with Crippen LogP contribution in [0.25, 0.3) is 0 Å². The third-order valence-electron chi connectivity index (χ3n) is 4.56. The van der Waals surface area contributed by atoms with Crippen molar-refractivity contribution in [3.8, 4) is 0 Å². The Hall–Kier alpha value is -3.44. The van der Waals surface area contributed by atoms with Gasteiger partial charge in [-0.15, -0.1) is 0 Å². The molecular weight excluding hydrogens is 364 g/mol. The first-order valence-corrected chi connectivity index (χ1v) is 9.50. The molecule has 0 aliphatic heterocycles. The highest BCUT2D eigenvalue weighted by Crippen LogP contribution is 2.21. The number of para-hydroxylation sites is 1. The summed E-state index contributed by atoms with van der Waals surface area (Å²) in [6.07, 6.45) is 0.328. The lowest BCUT2D eigenvalue weighted by atomic mass is 10.0. The summed E-state index contributed by atoms with van der Waals surface area (Å²) in [5.41, 5.74) is 8.09. The van der Waals surface area contributed by atoms with Crippen molar-refractivity contribution in [2.75, 3.05) is 11.4 Å². The Morgan fingerprint density at radius 1 is 0.793 bits per heavy atom. The van der Waals surface area contributed by atoms with Gasteiger partial charge in [-0.1, -0.05) is 78.9 Å². The van der Waals surface area contributed by atoms with Crippen LogP contribution in [0.5, 0.6) is 0 Å². The third-order valence-corrected chi connectivity index (χ3v) is 4.56.